The number of methoxy groups -OCH3 is 1. The van der Waals surface area contributed by atoms with Crippen molar-refractivity contribution in [3.63, 3.8) is 0 Å². The molecule has 1 aromatic rings. The van der Waals surface area contributed by atoms with Crippen LogP contribution in [0.3, 0.4) is 0 Å². The third-order valence-electron chi connectivity index (χ3n) is 4.49. The van der Waals surface area contributed by atoms with E-state index in [0.717, 1.165) is 18.8 Å². The zero-order chi connectivity index (χ0) is 15.5. The van der Waals surface area contributed by atoms with Gasteiger partial charge in [0.25, 0.3) is 0 Å². The fourth-order valence-electron chi connectivity index (χ4n) is 3.05. The van der Waals surface area contributed by atoms with E-state index in [1.165, 1.54) is 30.5 Å². The minimum Gasteiger partial charge on any atom is -0.496 e. The Morgan fingerprint density at radius 2 is 2.10 bits per heavy atom. The minimum absolute atomic E-state index is 0.303. The molecule has 1 aromatic carbocycles. The summed E-state index contributed by atoms with van der Waals surface area (Å²) in [7, 11) is 1.76. The van der Waals surface area contributed by atoms with E-state index in [1.807, 2.05) is 0 Å². The summed E-state index contributed by atoms with van der Waals surface area (Å²) in [4.78, 5) is 2.57. The molecule has 0 spiro atoms. The molecule has 0 saturated carbocycles. The van der Waals surface area contributed by atoms with Gasteiger partial charge in [0, 0.05) is 30.2 Å². The molecule has 0 aromatic heterocycles. The molecule has 0 amide bonds. The van der Waals surface area contributed by atoms with E-state index >= 15 is 0 Å². The molecule has 0 radical (unpaired) electrons. The van der Waals surface area contributed by atoms with Gasteiger partial charge < -0.3 is 10.1 Å². The standard InChI is InChI=1S/C18H30N2O/c1-14(2)19-12-15-7-8-17(21-5)16(11-15)13-20-10-6-9-18(20,3)4/h7-8,11,14,19H,6,9-10,12-13H2,1-5H3. The average molecular weight is 290 g/mol. The molecule has 21 heavy (non-hydrogen) atoms. The van der Waals surface area contributed by atoms with Crippen LogP contribution in [0.5, 0.6) is 5.75 Å². The third-order valence-corrected chi connectivity index (χ3v) is 4.49. The van der Waals surface area contributed by atoms with Gasteiger partial charge in [-0.25, -0.2) is 0 Å². The second-order valence-corrected chi connectivity index (χ2v) is 7.02. The second-order valence-electron chi connectivity index (χ2n) is 7.02. The molecule has 0 atom stereocenters. The lowest BCUT2D eigenvalue weighted by Crippen LogP contribution is -2.37. The first-order chi connectivity index (χ1) is 9.92. The van der Waals surface area contributed by atoms with Crippen LogP contribution >= 0.6 is 0 Å². The van der Waals surface area contributed by atoms with Gasteiger partial charge in [-0.15, -0.1) is 0 Å². The molecular weight excluding hydrogens is 260 g/mol. The van der Waals surface area contributed by atoms with Crippen molar-refractivity contribution in [3.05, 3.63) is 29.3 Å². The molecule has 0 unspecified atom stereocenters. The van der Waals surface area contributed by atoms with Crippen molar-refractivity contribution in [3.8, 4) is 5.75 Å². The maximum Gasteiger partial charge on any atom is 0.123 e. The number of benzene rings is 1. The molecule has 1 N–H and O–H groups in total. The number of hydrogen-bond acceptors (Lipinski definition) is 3. The van der Waals surface area contributed by atoms with Crippen LogP contribution in [0.2, 0.25) is 0 Å². The number of hydrogen-bond donors (Lipinski definition) is 1. The first kappa shape index (κ1) is 16.3. The SMILES string of the molecule is COc1ccc(CNC(C)C)cc1CN1CCCC1(C)C. The second kappa shape index (κ2) is 6.80. The van der Waals surface area contributed by atoms with Crippen LogP contribution in [0, 0.1) is 0 Å². The maximum atomic E-state index is 5.56. The molecule has 118 valence electrons. The van der Waals surface area contributed by atoms with Crippen LogP contribution in [0.4, 0.5) is 0 Å². The lowest BCUT2D eigenvalue weighted by molar-refractivity contribution is 0.165. The first-order valence-corrected chi connectivity index (χ1v) is 8.06. The van der Waals surface area contributed by atoms with E-state index in [4.69, 9.17) is 4.74 Å². The Morgan fingerprint density at radius 1 is 1.33 bits per heavy atom. The smallest absolute Gasteiger partial charge is 0.123 e. The van der Waals surface area contributed by atoms with Gasteiger partial charge in [0.2, 0.25) is 0 Å². The summed E-state index contributed by atoms with van der Waals surface area (Å²) in [5.41, 5.74) is 2.93. The number of likely N-dealkylation sites (tertiary alicyclic amines) is 1. The van der Waals surface area contributed by atoms with Gasteiger partial charge in [0.15, 0.2) is 0 Å². The largest absolute Gasteiger partial charge is 0.496 e. The topological polar surface area (TPSA) is 24.5 Å². The van der Waals surface area contributed by atoms with Gasteiger partial charge in [-0.3, -0.25) is 4.90 Å². The van der Waals surface area contributed by atoms with Crippen LogP contribution in [0.15, 0.2) is 18.2 Å². The quantitative estimate of drug-likeness (QED) is 0.867. The predicted octanol–water partition coefficient (Wildman–Crippen LogP) is 3.57. The van der Waals surface area contributed by atoms with Gasteiger partial charge in [-0.1, -0.05) is 19.9 Å². The van der Waals surface area contributed by atoms with Crippen LogP contribution in [-0.2, 0) is 13.1 Å². The minimum atomic E-state index is 0.303. The van der Waals surface area contributed by atoms with E-state index < -0.39 is 0 Å². The third kappa shape index (κ3) is 4.21. The number of ether oxygens (including phenoxy) is 1. The molecule has 1 saturated heterocycles. The van der Waals surface area contributed by atoms with E-state index in [9.17, 15) is 0 Å². The van der Waals surface area contributed by atoms with Crippen LogP contribution < -0.4 is 10.1 Å². The average Bonchev–Trinajstić information content (AvgIpc) is 2.76. The summed E-state index contributed by atoms with van der Waals surface area (Å²) >= 11 is 0. The first-order valence-electron chi connectivity index (χ1n) is 8.06. The molecule has 1 heterocycles. The highest BCUT2D eigenvalue weighted by molar-refractivity contribution is 5.37. The summed E-state index contributed by atoms with van der Waals surface area (Å²) in [6, 6.07) is 7.07. The summed E-state index contributed by atoms with van der Waals surface area (Å²) in [5.74, 6) is 1.01. The van der Waals surface area contributed by atoms with Gasteiger partial charge in [0.1, 0.15) is 5.75 Å². The number of nitrogens with one attached hydrogen (secondary N) is 1. The molecule has 1 aliphatic heterocycles. The number of rotatable bonds is 6. The lowest BCUT2D eigenvalue weighted by atomic mass is 10.0. The fourth-order valence-corrected chi connectivity index (χ4v) is 3.05. The van der Waals surface area contributed by atoms with Crippen molar-refractivity contribution in [1.82, 2.24) is 10.2 Å². The van der Waals surface area contributed by atoms with Gasteiger partial charge >= 0.3 is 0 Å². The van der Waals surface area contributed by atoms with Crippen molar-refractivity contribution in [2.45, 2.75) is 65.2 Å². The predicted molar refractivity (Wildman–Crippen MR) is 88.7 cm³/mol. The van der Waals surface area contributed by atoms with Gasteiger partial charge in [0.05, 0.1) is 7.11 Å². The van der Waals surface area contributed by atoms with Crippen molar-refractivity contribution in [2.75, 3.05) is 13.7 Å². The Hall–Kier alpha value is -1.06. The van der Waals surface area contributed by atoms with Crippen molar-refractivity contribution in [1.29, 1.82) is 0 Å². The summed E-state index contributed by atoms with van der Waals surface area (Å²) in [5, 5.41) is 3.48. The Kier molecular flexibility index (Phi) is 5.28. The van der Waals surface area contributed by atoms with Gasteiger partial charge in [-0.2, -0.15) is 0 Å². The van der Waals surface area contributed by atoms with Crippen LogP contribution in [-0.4, -0.2) is 30.1 Å². The van der Waals surface area contributed by atoms with Crippen molar-refractivity contribution < 1.29 is 4.74 Å². The highest BCUT2D eigenvalue weighted by Crippen LogP contribution is 2.32. The summed E-state index contributed by atoms with van der Waals surface area (Å²) < 4.78 is 5.56. The maximum absolute atomic E-state index is 5.56. The number of nitrogens with zero attached hydrogens (tertiary/aromatic N) is 1. The van der Waals surface area contributed by atoms with Crippen molar-refractivity contribution >= 4 is 0 Å². The molecule has 3 nitrogen and oxygen atoms in total. The Labute approximate surface area is 129 Å². The van der Waals surface area contributed by atoms with E-state index in [0.29, 0.717) is 11.6 Å². The molecule has 3 heteroatoms. The van der Waals surface area contributed by atoms with E-state index in [1.54, 1.807) is 7.11 Å². The summed E-state index contributed by atoms with van der Waals surface area (Å²) in [6.45, 7) is 12.1. The lowest BCUT2D eigenvalue weighted by Gasteiger charge is -2.32. The monoisotopic (exact) mass is 290 g/mol. The molecule has 0 aliphatic carbocycles. The molecule has 1 aliphatic rings. The van der Waals surface area contributed by atoms with Crippen molar-refractivity contribution in [2.24, 2.45) is 0 Å². The normalized spacial score (nSPS) is 18.4. The summed E-state index contributed by atoms with van der Waals surface area (Å²) in [6.07, 6.45) is 2.58. The van der Waals surface area contributed by atoms with E-state index in [-0.39, 0.29) is 0 Å². The Morgan fingerprint density at radius 3 is 2.67 bits per heavy atom. The fraction of sp³-hybridized carbons (Fsp3) is 0.667. The van der Waals surface area contributed by atoms with Crippen LogP contribution in [0.25, 0.3) is 0 Å². The van der Waals surface area contributed by atoms with Gasteiger partial charge in [-0.05, 0) is 50.9 Å². The molecular formula is C18H30N2O. The highest BCUT2D eigenvalue weighted by atomic mass is 16.5. The zero-order valence-corrected chi connectivity index (χ0v) is 14.2. The molecule has 1 fully saturated rings. The highest BCUT2D eigenvalue weighted by Gasteiger charge is 2.32. The Bertz CT molecular complexity index is 468. The Balaban J connectivity index is 2.14. The zero-order valence-electron chi connectivity index (χ0n) is 14.2. The van der Waals surface area contributed by atoms with E-state index in [2.05, 4.69) is 56.1 Å². The van der Waals surface area contributed by atoms with Crippen LogP contribution in [0.1, 0.15) is 51.7 Å². The molecule has 0 bridgehead atoms. The molecule has 2 rings (SSSR count).